The fourth-order valence-electron chi connectivity index (χ4n) is 2.07. The summed E-state index contributed by atoms with van der Waals surface area (Å²) in [6.45, 7) is 1.69. The first-order valence-electron chi connectivity index (χ1n) is 6.32. The predicted octanol–water partition coefficient (Wildman–Crippen LogP) is 2.99. The molecule has 1 atom stereocenters. The summed E-state index contributed by atoms with van der Waals surface area (Å²) in [5, 5.41) is 6.89. The highest BCUT2D eigenvalue weighted by molar-refractivity contribution is 6.34. The van der Waals surface area contributed by atoms with Crippen LogP contribution in [0.15, 0.2) is 18.2 Å². The molecule has 8 heteroatoms. The maximum Gasteiger partial charge on any atom is 0.259 e. The Hall–Kier alpha value is -1.99. The van der Waals surface area contributed by atoms with Crippen molar-refractivity contribution in [3.8, 4) is 0 Å². The summed E-state index contributed by atoms with van der Waals surface area (Å²) >= 11 is 6.04. The number of benzene rings is 1. The molecule has 22 heavy (non-hydrogen) atoms. The molecule has 0 aliphatic rings. The molecular formula is C14H14ClF2N3O2. The Morgan fingerprint density at radius 2 is 1.95 bits per heavy atom. The van der Waals surface area contributed by atoms with E-state index in [-0.39, 0.29) is 16.4 Å². The topological polar surface area (TPSA) is 56.1 Å². The molecule has 118 valence electrons. The molecule has 0 saturated heterocycles. The maximum atomic E-state index is 13.3. The third kappa shape index (κ3) is 3.26. The number of hydrogen-bond acceptors (Lipinski definition) is 3. The van der Waals surface area contributed by atoms with Crippen molar-refractivity contribution in [2.75, 3.05) is 12.4 Å². The quantitative estimate of drug-likeness (QED) is 0.938. The van der Waals surface area contributed by atoms with Crippen molar-refractivity contribution < 1.29 is 18.3 Å². The van der Waals surface area contributed by atoms with Gasteiger partial charge in [0.05, 0.1) is 5.69 Å². The summed E-state index contributed by atoms with van der Waals surface area (Å²) in [5.74, 6) is -1.92. The van der Waals surface area contributed by atoms with E-state index in [2.05, 4.69) is 10.4 Å². The van der Waals surface area contributed by atoms with Crippen LogP contribution in [-0.2, 0) is 16.6 Å². The van der Waals surface area contributed by atoms with Crippen LogP contribution in [0, 0.1) is 18.6 Å². The summed E-state index contributed by atoms with van der Waals surface area (Å²) in [7, 11) is 2.88. The molecule has 0 fully saturated rings. The average molecular weight is 330 g/mol. The van der Waals surface area contributed by atoms with Crippen LogP contribution < -0.4 is 5.32 Å². The molecule has 0 aliphatic carbocycles. The Balaban J connectivity index is 2.29. The smallest absolute Gasteiger partial charge is 0.259 e. The number of nitrogens with one attached hydrogen (secondary N) is 1. The number of halogens is 3. The summed E-state index contributed by atoms with van der Waals surface area (Å²) < 4.78 is 33.0. The van der Waals surface area contributed by atoms with Gasteiger partial charge in [-0.1, -0.05) is 11.6 Å². The zero-order valence-corrected chi connectivity index (χ0v) is 12.9. The standard InChI is InChI=1S/C14H14ClF2N3O2/c1-7-11(15)13(20(2)19-7)18-14(21)12(22-3)8-4-9(16)6-10(17)5-8/h4-6,12H,1-3H3,(H,18,21). The molecule has 5 nitrogen and oxygen atoms in total. The van der Waals surface area contributed by atoms with E-state index in [4.69, 9.17) is 16.3 Å². The van der Waals surface area contributed by atoms with Gasteiger partial charge >= 0.3 is 0 Å². The Labute approximate surface area is 130 Å². The fraction of sp³-hybridized carbons (Fsp3) is 0.286. The number of ether oxygens (including phenoxy) is 1. The molecule has 1 N–H and O–H groups in total. The minimum Gasteiger partial charge on any atom is -0.367 e. The largest absolute Gasteiger partial charge is 0.367 e. The van der Waals surface area contributed by atoms with Gasteiger partial charge in [0.2, 0.25) is 0 Å². The molecule has 0 radical (unpaired) electrons. The Morgan fingerprint density at radius 3 is 2.41 bits per heavy atom. The van der Waals surface area contributed by atoms with Gasteiger partial charge in [-0.25, -0.2) is 8.78 Å². The Kier molecular flexibility index (Phi) is 4.77. The molecule has 1 amide bonds. The number of rotatable bonds is 4. The highest BCUT2D eigenvalue weighted by Crippen LogP contribution is 2.27. The van der Waals surface area contributed by atoms with Crippen LogP contribution >= 0.6 is 11.6 Å². The number of methoxy groups -OCH3 is 1. The number of nitrogens with zero attached hydrogens (tertiary/aromatic N) is 2. The van der Waals surface area contributed by atoms with Gasteiger partial charge in [-0.3, -0.25) is 9.48 Å². The lowest BCUT2D eigenvalue weighted by Gasteiger charge is -2.16. The van der Waals surface area contributed by atoms with Crippen molar-refractivity contribution in [1.82, 2.24) is 9.78 Å². The van der Waals surface area contributed by atoms with E-state index in [1.54, 1.807) is 14.0 Å². The van der Waals surface area contributed by atoms with Crippen molar-refractivity contribution in [2.24, 2.45) is 7.05 Å². The Bertz CT molecular complexity index is 698. The third-order valence-electron chi connectivity index (χ3n) is 3.05. The molecule has 0 bridgehead atoms. The molecule has 1 aromatic heterocycles. The molecule has 1 heterocycles. The SMILES string of the molecule is COC(C(=O)Nc1c(Cl)c(C)nn1C)c1cc(F)cc(F)c1. The summed E-state index contributed by atoms with van der Waals surface area (Å²) in [6.07, 6.45) is -1.18. The molecular weight excluding hydrogens is 316 g/mol. The van der Waals surface area contributed by atoms with E-state index in [0.29, 0.717) is 5.69 Å². The van der Waals surface area contributed by atoms with Crippen LogP contribution in [0.4, 0.5) is 14.6 Å². The van der Waals surface area contributed by atoms with E-state index in [0.717, 1.165) is 18.2 Å². The molecule has 0 spiro atoms. The van der Waals surface area contributed by atoms with Crippen molar-refractivity contribution >= 4 is 23.3 Å². The van der Waals surface area contributed by atoms with Crippen molar-refractivity contribution in [3.05, 3.63) is 46.1 Å². The average Bonchev–Trinajstić information content (AvgIpc) is 2.65. The van der Waals surface area contributed by atoms with E-state index in [1.165, 1.54) is 11.8 Å². The van der Waals surface area contributed by atoms with Crippen molar-refractivity contribution in [2.45, 2.75) is 13.0 Å². The van der Waals surface area contributed by atoms with Crippen molar-refractivity contribution in [3.63, 3.8) is 0 Å². The van der Waals surface area contributed by atoms with Crippen LogP contribution in [-0.4, -0.2) is 22.8 Å². The number of amides is 1. The minimum atomic E-state index is -1.18. The summed E-state index contributed by atoms with van der Waals surface area (Å²) in [6, 6.07) is 2.79. The molecule has 2 aromatic rings. The monoisotopic (exact) mass is 329 g/mol. The van der Waals surface area contributed by atoms with Gasteiger partial charge in [-0.15, -0.1) is 0 Å². The first kappa shape index (κ1) is 16.4. The number of carbonyl (C=O) groups excluding carboxylic acids is 1. The number of hydrogen-bond donors (Lipinski definition) is 1. The number of carbonyl (C=O) groups is 1. The zero-order chi connectivity index (χ0) is 16.4. The first-order chi connectivity index (χ1) is 10.3. The van der Waals surface area contributed by atoms with Gasteiger partial charge in [0.1, 0.15) is 22.5 Å². The lowest BCUT2D eigenvalue weighted by atomic mass is 10.1. The van der Waals surface area contributed by atoms with Crippen LogP contribution in [0.3, 0.4) is 0 Å². The molecule has 1 aromatic carbocycles. The van der Waals surface area contributed by atoms with Crippen LogP contribution in [0.25, 0.3) is 0 Å². The predicted molar refractivity (Wildman–Crippen MR) is 77.7 cm³/mol. The van der Waals surface area contributed by atoms with E-state index < -0.39 is 23.6 Å². The first-order valence-corrected chi connectivity index (χ1v) is 6.70. The van der Waals surface area contributed by atoms with Gasteiger partial charge in [-0.2, -0.15) is 5.10 Å². The molecule has 0 saturated carbocycles. The number of aryl methyl sites for hydroxylation is 2. The third-order valence-corrected chi connectivity index (χ3v) is 3.50. The fourth-order valence-corrected chi connectivity index (χ4v) is 2.28. The second-order valence-corrected chi connectivity index (χ2v) is 5.06. The van der Waals surface area contributed by atoms with Crippen molar-refractivity contribution in [1.29, 1.82) is 0 Å². The Morgan fingerprint density at radius 1 is 1.36 bits per heavy atom. The van der Waals surface area contributed by atoms with Gasteiger partial charge in [-0.05, 0) is 24.6 Å². The lowest BCUT2D eigenvalue weighted by Crippen LogP contribution is -2.24. The minimum absolute atomic E-state index is 0.0625. The van der Waals surface area contributed by atoms with Gasteiger partial charge in [0.15, 0.2) is 6.10 Å². The van der Waals surface area contributed by atoms with E-state index in [1.807, 2.05) is 0 Å². The van der Waals surface area contributed by atoms with Crippen LogP contribution in [0.1, 0.15) is 17.4 Å². The highest BCUT2D eigenvalue weighted by atomic mass is 35.5. The maximum absolute atomic E-state index is 13.3. The summed E-state index contributed by atoms with van der Waals surface area (Å²) in [5.41, 5.74) is 0.609. The lowest BCUT2D eigenvalue weighted by molar-refractivity contribution is -0.126. The number of aromatic nitrogens is 2. The second-order valence-electron chi connectivity index (χ2n) is 4.68. The van der Waals surface area contributed by atoms with E-state index >= 15 is 0 Å². The normalized spacial score (nSPS) is 12.3. The van der Waals surface area contributed by atoms with Gasteiger partial charge in [0, 0.05) is 20.2 Å². The second kappa shape index (κ2) is 6.41. The van der Waals surface area contributed by atoms with Gasteiger partial charge < -0.3 is 10.1 Å². The molecule has 2 rings (SSSR count). The molecule has 0 aliphatic heterocycles. The van der Waals surface area contributed by atoms with Gasteiger partial charge in [0.25, 0.3) is 5.91 Å². The number of anilines is 1. The zero-order valence-electron chi connectivity index (χ0n) is 12.2. The van der Waals surface area contributed by atoms with Crippen LogP contribution in [0.2, 0.25) is 5.02 Å². The molecule has 1 unspecified atom stereocenters. The highest BCUT2D eigenvalue weighted by Gasteiger charge is 2.24. The van der Waals surface area contributed by atoms with Crippen LogP contribution in [0.5, 0.6) is 0 Å². The van der Waals surface area contributed by atoms with E-state index in [9.17, 15) is 13.6 Å². The summed E-state index contributed by atoms with van der Waals surface area (Å²) in [4.78, 5) is 12.3.